The molecule has 0 atom stereocenters. The van der Waals surface area contributed by atoms with Crippen LogP contribution in [0.5, 0.6) is 0 Å². The van der Waals surface area contributed by atoms with E-state index in [4.69, 9.17) is 0 Å². The second-order valence-corrected chi connectivity index (χ2v) is 11.9. The molecule has 0 aliphatic heterocycles. The molecule has 2 heteroatoms. The number of hydrogen-bond donors (Lipinski definition) is 0. The zero-order chi connectivity index (χ0) is 16.7. The van der Waals surface area contributed by atoms with Crippen LogP contribution in [0.3, 0.4) is 0 Å². The van der Waals surface area contributed by atoms with E-state index in [1.165, 1.54) is 60.1 Å². The molecule has 0 aliphatic rings. The number of rotatable bonds is 13. The van der Waals surface area contributed by atoms with Gasteiger partial charge in [-0.15, -0.1) is 0 Å². The van der Waals surface area contributed by atoms with Gasteiger partial charge in [0.05, 0.1) is 0 Å². The maximum absolute atomic E-state index is 2.26. The average Bonchev–Trinajstić information content (AvgIpc) is 2.64. The van der Waals surface area contributed by atoms with Gasteiger partial charge in [0.25, 0.3) is 0 Å². The van der Waals surface area contributed by atoms with E-state index in [1.54, 1.807) is 10.4 Å². The molecule has 24 heavy (non-hydrogen) atoms. The quantitative estimate of drug-likeness (QED) is 0.258. The van der Waals surface area contributed by atoms with Crippen molar-refractivity contribution in [2.24, 2.45) is 0 Å². The summed E-state index contributed by atoms with van der Waals surface area (Å²) in [5.41, 5.74) is 3.02. The van der Waals surface area contributed by atoms with Gasteiger partial charge in [-0.25, -0.2) is 0 Å². The van der Waals surface area contributed by atoms with E-state index in [-0.39, 0.29) is 0 Å². The summed E-state index contributed by atoms with van der Waals surface area (Å²) in [5, 5.41) is 6.19. The molecule has 0 aliphatic carbocycles. The molecule has 0 saturated carbocycles. The molecule has 2 aromatic rings. The number of benzene rings is 2. The van der Waals surface area contributed by atoms with Crippen LogP contribution in [-0.4, -0.2) is 31.5 Å². The zero-order valence-corrected chi connectivity index (χ0v) is 18.5. The van der Waals surface area contributed by atoms with Crippen molar-refractivity contribution in [2.75, 3.05) is 0 Å². The summed E-state index contributed by atoms with van der Waals surface area (Å²) >= 11 is 1.29. The van der Waals surface area contributed by atoms with E-state index in [0.717, 1.165) is 0 Å². The van der Waals surface area contributed by atoms with Crippen LogP contribution in [0.2, 0.25) is 20.8 Å². The molecule has 0 aromatic heterocycles. The fourth-order valence-corrected chi connectivity index (χ4v) is 9.25. The van der Waals surface area contributed by atoms with Crippen LogP contribution in [0, 0.1) is 0 Å². The van der Waals surface area contributed by atoms with Crippen molar-refractivity contribution >= 4 is 31.5 Å². The van der Waals surface area contributed by atoms with Crippen LogP contribution >= 0.6 is 0 Å². The Bertz CT molecular complexity index is 461. The average molecular weight is 444 g/mol. The zero-order valence-electron chi connectivity index (χ0n) is 14.7. The van der Waals surface area contributed by atoms with Crippen LogP contribution < -0.4 is 0 Å². The molecule has 0 fully saturated rings. The first-order chi connectivity index (χ1) is 11.9. The van der Waals surface area contributed by atoms with Gasteiger partial charge < -0.3 is 0 Å². The molecule has 0 N–H and O–H groups in total. The number of hydrogen-bond acceptors (Lipinski definition) is 0. The second kappa shape index (κ2) is 13.8. The van der Waals surface area contributed by atoms with Gasteiger partial charge in [0, 0.05) is 0 Å². The van der Waals surface area contributed by atoms with Crippen LogP contribution in [0.25, 0.3) is 0 Å². The van der Waals surface area contributed by atoms with Gasteiger partial charge in [-0.3, -0.25) is 0 Å². The molecule has 0 saturated heterocycles. The van der Waals surface area contributed by atoms with Gasteiger partial charge >= 0.3 is 163 Å². The summed E-state index contributed by atoms with van der Waals surface area (Å²) in [7, 11) is 0. The van der Waals surface area contributed by atoms with E-state index >= 15 is 0 Å². The Morgan fingerprint density at radius 3 is 1.29 bits per heavy atom. The van der Waals surface area contributed by atoms with Crippen molar-refractivity contribution in [1.29, 1.82) is 0 Å². The predicted molar refractivity (Wildman–Crippen MR) is 109 cm³/mol. The van der Waals surface area contributed by atoms with Crippen molar-refractivity contribution in [1.82, 2.24) is 0 Å². The van der Waals surface area contributed by atoms with E-state index in [0.29, 0.717) is 31.5 Å². The van der Waals surface area contributed by atoms with Crippen molar-refractivity contribution in [3.63, 3.8) is 0 Å². The first kappa shape index (κ1) is 19.9. The third kappa shape index (κ3) is 9.76. The molecule has 0 unspecified atom stereocenters. The normalized spacial score (nSPS) is 11.8. The minimum atomic E-state index is 0.643. The molecule has 0 heterocycles. The Morgan fingerprint density at radius 1 is 0.458 bits per heavy atom. The van der Waals surface area contributed by atoms with Gasteiger partial charge in [-0.05, 0) is 0 Å². The number of aryl methyl sites for hydroxylation is 2. The summed E-state index contributed by atoms with van der Waals surface area (Å²) < 4.78 is 0. The second-order valence-electron chi connectivity index (χ2n) is 6.23. The Kier molecular flexibility index (Phi) is 11.4. The van der Waals surface area contributed by atoms with Gasteiger partial charge in [0.2, 0.25) is 0 Å². The molecular formula is C22H30As2. The van der Waals surface area contributed by atoms with Gasteiger partial charge in [0.1, 0.15) is 0 Å². The topological polar surface area (TPSA) is 0 Å². The molecular weight excluding hydrogens is 414 g/mol. The maximum atomic E-state index is 2.26. The van der Waals surface area contributed by atoms with Gasteiger partial charge in [-0.1, -0.05) is 0 Å². The third-order valence-electron chi connectivity index (χ3n) is 4.17. The monoisotopic (exact) mass is 444 g/mol. The first-order valence-corrected chi connectivity index (χ1v) is 14.6. The Hall–Kier alpha value is -0.443. The predicted octanol–water partition coefficient (Wildman–Crippen LogP) is 6.11. The van der Waals surface area contributed by atoms with E-state index in [1.807, 2.05) is 0 Å². The molecule has 0 spiro atoms. The van der Waals surface area contributed by atoms with Crippen LogP contribution in [0.1, 0.15) is 36.8 Å². The Morgan fingerprint density at radius 2 is 0.875 bits per heavy atom. The summed E-state index contributed by atoms with van der Waals surface area (Å²) in [4.78, 5) is 0. The summed E-state index contributed by atoms with van der Waals surface area (Å²) in [6, 6.07) is 21.9. The van der Waals surface area contributed by atoms with Crippen LogP contribution in [0.15, 0.2) is 60.7 Å². The summed E-state index contributed by atoms with van der Waals surface area (Å²) in [5.74, 6) is 0. The molecule has 2 aromatic carbocycles. The number of unbranched alkanes of at least 4 members (excludes halogenated alkanes) is 2. The molecule has 2 rings (SSSR count). The minimum absolute atomic E-state index is 0.643. The van der Waals surface area contributed by atoms with Crippen molar-refractivity contribution in [3.8, 4) is 0 Å². The fraction of sp³-hybridized carbons (Fsp3) is 0.455. The summed E-state index contributed by atoms with van der Waals surface area (Å²) in [6.07, 6.45) is 8.20. The summed E-state index contributed by atoms with van der Waals surface area (Å²) in [6.45, 7) is 0. The van der Waals surface area contributed by atoms with E-state index in [2.05, 4.69) is 60.7 Å². The first-order valence-electron chi connectivity index (χ1n) is 9.29. The molecule has 0 amide bonds. The molecule has 0 nitrogen and oxygen atoms in total. The SMILES string of the molecule is c1ccc(CCCC[As]CC[As]CCCCc2ccccc2)cc1. The van der Waals surface area contributed by atoms with E-state index < -0.39 is 0 Å². The third-order valence-corrected chi connectivity index (χ3v) is 10.7. The Balaban J connectivity index is 1.32. The van der Waals surface area contributed by atoms with Gasteiger partial charge in [0.15, 0.2) is 0 Å². The standard InChI is InChI=1S/C22H30As2/c1-3-11-21(12-4-1)15-7-9-17-23-19-20-24-18-10-8-16-22-13-5-2-6-14-22/h1-6,11-14H,7-10,15-20H2. The van der Waals surface area contributed by atoms with Crippen LogP contribution in [0.4, 0.5) is 0 Å². The Labute approximate surface area is 162 Å². The van der Waals surface area contributed by atoms with Crippen molar-refractivity contribution < 1.29 is 0 Å². The van der Waals surface area contributed by atoms with Crippen LogP contribution in [-0.2, 0) is 12.8 Å². The molecule has 0 bridgehead atoms. The van der Waals surface area contributed by atoms with Crippen molar-refractivity contribution in [2.45, 2.75) is 59.4 Å². The molecule has 128 valence electrons. The van der Waals surface area contributed by atoms with Crippen molar-refractivity contribution in [3.05, 3.63) is 71.8 Å². The van der Waals surface area contributed by atoms with Gasteiger partial charge in [-0.2, -0.15) is 0 Å². The molecule has 2 radical (unpaired) electrons. The fourth-order valence-electron chi connectivity index (χ4n) is 2.76. The van der Waals surface area contributed by atoms with E-state index in [9.17, 15) is 0 Å².